The van der Waals surface area contributed by atoms with E-state index in [0.29, 0.717) is 40.1 Å². The van der Waals surface area contributed by atoms with Gasteiger partial charge in [-0.15, -0.1) is 0 Å². The van der Waals surface area contributed by atoms with Crippen LogP contribution in [-0.2, 0) is 0 Å². The van der Waals surface area contributed by atoms with Crippen LogP contribution in [0.1, 0.15) is 61.9 Å². The van der Waals surface area contributed by atoms with Crippen molar-refractivity contribution in [2.45, 2.75) is 50.8 Å². The van der Waals surface area contributed by atoms with Crippen molar-refractivity contribution in [3.05, 3.63) is 117 Å². The van der Waals surface area contributed by atoms with E-state index in [1.165, 1.54) is 29.2 Å². The Morgan fingerprint density at radius 2 is 1.83 bits per heavy atom. The molecule has 3 aromatic carbocycles. The minimum atomic E-state index is -0.386. The number of nitro groups is 1. The van der Waals surface area contributed by atoms with Crippen molar-refractivity contribution >= 4 is 63.1 Å². The number of pyridine rings is 1. The number of nitrogens with zero attached hydrogens (tertiary/aromatic N) is 4. The summed E-state index contributed by atoms with van der Waals surface area (Å²) < 4.78 is 9.33. The number of halogens is 1. The van der Waals surface area contributed by atoms with E-state index >= 15 is 0 Å². The third-order valence-corrected chi connectivity index (χ3v) is 12.8. The SMILES string of the molecule is CC1(C)CCC(CN2CCN(c3ccc(C(=O)NSc4ccc(NCC5CCNCC5)c([N+](=O)[O-])c4)c(Oc4cnc5[nH]ccc5c4)c3)CC2)=C(c2ccc(Cl)cc2)C1. The molecule has 308 valence electrons. The molecular weight excluding hydrogens is 784 g/mol. The highest BCUT2D eigenvalue weighted by molar-refractivity contribution is 7.98. The summed E-state index contributed by atoms with van der Waals surface area (Å²) in [6.45, 7) is 11.7. The summed E-state index contributed by atoms with van der Waals surface area (Å²) in [6, 6.07) is 22.8. The van der Waals surface area contributed by atoms with Crippen LogP contribution in [0.4, 0.5) is 17.1 Å². The standard InChI is InChI=1S/C45H51ClN8O4S/c1-45(2)15-11-33(39(26-45)31-3-5-34(46)6-4-31)29-52-19-21-53(22-20-52)35-7-9-38(42(24-35)58-36-23-32-14-18-48-43(32)50-28-36)44(55)51-59-37-8-10-40(41(25-37)54(56)57)49-27-30-12-16-47-17-13-30/h3-10,14,18,23-25,28,30,47,49H,11-13,15-17,19-22,26-27,29H2,1-2H3,(H,48,50)(H,51,55). The third kappa shape index (κ3) is 10.0. The van der Waals surface area contributed by atoms with Crippen molar-refractivity contribution in [1.82, 2.24) is 24.9 Å². The van der Waals surface area contributed by atoms with Crippen molar-refractivity contribution in [1.29, 1.82) is 0 Å². The lowest BCUT2D eigenvalue weighted by Crippen LogP contribution is -2.47. The Balaban J connectivity index is 0.967. The molecule has 0 unspecified atom stereocenters. The topological polar surface area (TPSA) is 141 Å². The molecule has 2 fully saturated rings. The van der Waals surface area contributed by atoms with Gasteiger partial charge in [0.1, 0.15) is 22.8 Å². The predicted octanol–water partition coefficient (Wildman–Crippen LogP) is 9.55. The molecule has 4 heterocycles. The van der Waals surface area contributed by atoms with E-state index in [1.807, 2.05) is 42.6 Å². The Hall–Kier alpha value is -5.08. The van der Waals surface area contributed by atoms with Gasteiger partial charge in [-0.1, -0.05) is 43.2 Å². The Bertz CT molecular complexity index is 2330. The number of amides is 1. The van der Waals surface area contributed by atoms with Gasteiger partial charge in [0.05, 0.1) is 16.7 Å². The maximum Gasteiger partial charge on any atom is 0.293 e. The van der Waals surface area contributed by atoms with Crippen molar-refractivity contribution in [2.75, 3.05) is 62.6 Å². The van der Waals surface area contributed by atoms with Gasteiger partial charge < -0.3 is 25.3 Å². The lowest BCUT2D eigenvalue weighted by molar-refractivity contribution is -0.384. The molecule has 2 saturated heterocycles. The van der Waals surface area contributed by atoms with E-state index < -0.39 is 0 Å². The zero-order valence-electron chi connectivity index (χ0n) is 33.6. The van der Waals surface area contributed by atoms with Gasteiger partial charge in [-0.3, -0.25) is 24.5 Å². The molecule has 0 bridgehead atoms. The van der Waals surface area contributed by atoms with Crippen molar-refractivity contribution in [2.24, 2.45) is 11.3 Å². The van der Waals surface area contributed by atoms with Gasteiger partial charge >= 0.3 is 0 Å². The van der Waals surface area contributed by atoms with E-state index in [9.17, 15) is 14.9 Å². The normalized spacial score (nSPS) is 17.6. The number of ether oxygens (including phenoxy) is 1. The fourth-order valence-corrected chi connectivity index (χ4v) is 9.11. The number of hydrogen-bond acceptors (Lipinski definition) is 10. The molecule has 0 atom stereocenters. The van der Waals surface area contributed by atoms with E-state index in [0.717, 1.165) is 105 Å². The van der Waals surface area contributed by atoms with Crippen LogP contribution in [-0.4, -0.2) is 78.1 Å². The number of aromatic amines is 1. The smallest absolute Gasteiger partial charge is 0.293 e. The second-order valence-electron chi connectivity index (χ2n) is 16.6. The first-order chi connectivity index (χ1) is 28.6. The number of nitrogens with one attached hydrogen (secondary N) is 4. The molecule has 2 aromatic heterocycles. The molecule has 0 spiro atoms. The van der Waals surface area contributed by atoms with Crippen molar-refractivity contribution < 1.29 is 14.5 Å². The second-order valence-corrected chi connectivity index (χ2v) is 17.9. The Kier molecular flexibility index (Phi) is 12.4. The number of aromatic nitrogens is 2. The fraction of sp³-hybridized carbons (Fsp3) is 0.378. The van der Waals surface area contributed by atoms with Crippen LogP contribution in [0.25, 0.3) is 16.6 Å². The van der Waals surface area contributed by atoms with Crippen LogP contribution in [0.2, 0.25) is 5.02 Å². The number of carbonyl (C=O) groups excluding carboxylic acids is 1. The first-order valence-corrected chi connectivity index (χ1v) is 21.7. The van der Waals surface area contributed by atoms with E-state index in [4.69, 9.17) is 16.3 Å². The summed E-state index contributed by atoms with van der Waals surface area (Å²) in [4.78, 5) is 38.6. The molecular formula is C45H51ClN8O4S. The Labute approximate surface area is 354 Å². The number of anilines is 2. The van der Waals surface area contributed by atoms with Crippen LogP contribution >= 0.6 is 23.5 Å². The lowest BCUT2D eigenvalue weighted by atomic mass is 9.72. The van der Waals surface area contributed by atoms with Crippen LogP contribution in [0, 0.1) is 21.4 Å². The molecule has 12 nitrogen and oxygen atoms in total. The number of piperazine rings is 1. The molecule has 59 heavy (non-hydrogen) atoms. The average Bonchev–Trinajstić information content (AvgIpc) is 3.72. The summed E-state index contributed by atoms with van der Waals surface area (Å²) in [5, 5.41) is 20.3. The van der Waals surface area contributed by atoms with Crippen LogP contribution in [0.15, 0.2) is 95.7 Å². The highest BCUT2D eigenvalue weighted by Crippen LogP contribution is 2.43. The number of H-pyrrole nitrogens is 1. The largest absolute Gasteiger partial charge is 0.455 e. The van der Waals surface area contributed by atoms with E-state index in [-0.39, 0.29) is 21.9 Å². The highest BCUT2D eigenvalue weighted by Gasteiger charge is 2.30. The maximum absolute atomic E-state index is 13.9. The number of hydrogen-bond donors (Lipinski definition) is 4. The van der Waals surface area contributed by atoms with Crippen molar-refractivity contribution in [3.63, 3.8) is 0 Å². The minimum absolute atomic E-state index is 0.0271. The van der Waals surface area contributed by atoms with Gasteiger partial charge in [-0.05, 0) is 128 Å². The number of piperidine rings is 1. The molecule has 4 N–H and O–H groups in total. The first kappa shape index (κ1) is 40.7. The van der Waals surface area contributed by atoms with Gasteiger partial charge in [0.25, 0.3) is 11.6 Å². The molecule has 1 amide bonds. The first-order valence-electron chi connectivity index (χ1n) is 20.5. The van der Waals surface area contributed by atoms with Gasteiger partial charge in [-0.25, -0.2) is 4.98 Å². The molecule has 3 aliphatic rings. The predicted molar refractivity (Wildman–Crippen MR) is 238 cm³/mol. The van der Waals surface area contributed by atoms with Gasteiger partial charge in [0, 0.05) is 78.6 Å². The second kappa shape index (κ2) is 18.0. The minimum Gasteiger partial charge on any atom is -0.455 e. The molecule has 2 aliphatic heterocycles. The number of fused-ring (bicyclic) bond motifs is 1. The van der Waals surface area contributed by atoms with Crippen LogP contribution in [0.5, 0.6) is 11.5 Å². The van der Waals surface area contributed by atoms with Crippen LogP contribution < -0.4 is 25.0 Å². The zero-order chi connectivity index (χ0) is 40.9. The Morgan fingerprint density at radius 3 is 2.61 bits per heavy atom. The Morgan fingerprint density at radius 1 is 1.03 bits per heavy atom. The molecule has 0 radical (unpaired) electrons. The van der Waals surface area contributed by atoms with Crippen LogP contribution in [0.3, 0.4) is 0 Å². The summed E-state index contributed by atoms with van der Waals surface area (Å²) in [5.41, 5.74) is 7.00. The summed E-state index contributed by atoms with van der Waals surface area (Å²) in [7, 11) is 0. The average molecular weight is 835 g/mol. The molecule has 1 aliphatic carbocycles. The zero-order valence-corrected chi connectivity index (χ0v) is 35.1. The summed E-state index contributed by atoms with van der Waals surface area (Å²) in [6.07, 6.45) is 8.85. The van der Waals surface area contributed by atoms with Crippen molar-refractivity contribution in [3.8, 4) is 11.5 Å². The van der Waals surface area contributed by atoms with Gasteiger partial charge in [0.15, 0.2) is 0 Å². The van der Waals surface area contributed by atoms with Gasteiger partial charge in [-0.2, -0.15) is 0 Å². The number of rotatable bonds is 13. The van der Waals surface area contributed by atoms with E-state index in [1.54, 1.807) is 24.4 Å². The van der Waals surface area contributed by atoms with E-state index in [2.05, 4.69) is 61.1 Å². The highest BCUT2D eigenvalue weighted by atomic mass is 35.5. The summed E-state index contributed by atoms with van der Waals surface area (Å²) in [5.74, 6) is 0.979. The molecule has 0 saturated carbocycles. The van der Waals surface area contributed by atoms with Gasteiger partial charge in [0.2, 0.25) is 0 Å². The monoisotopic (exact) mass is 834 g/mol. The third-order valence-electron chi connectivity index (χ3n) is 11.8. The summed E-state index contributed by atoms with van der Waals surface area (Å²) >= 11 is 7.29. The maximum atomic E-state index is 13.9. The molecule has 14 heteroatoms. The quantitative estimate of drug-likeness (QED) is 0.0515. The number of nitro benzene ring substituents is 1. The fourth-order valence-electron chi connectivity index (χ4n) is 8.36. The molecule has 8 rings (SSSR count). The lowest BCUT2D eigenvalue weighted by Gasteiger charge is -2.39. The number of carbonyl (C=O) groups is 1. The molecule has 5 aromatic rings. The number of allylic oxidation sites excluding steroid dienone is 1. The number of benzene rings is 3.